The van der Waals surface area contributed by atoms with E-state index in [0.29, 0.717) is 5.19 Å². The molecule has 166 valence electrons. The summed E-state index contributed by atoms with van der Waals surface area (Å²) in [7, 11) is -3.44. The van der Waals surface area contributed by atoms with Gasteiger partial charge >= 0.3 is 8.80 Å². The van der Waals surface area contributed by atoms with Gasteiger partial charge in [0.25, 0.3) is 0 Å². The highest BCUT2D eigenvalue weighted by atomic mass is 28.4. The minimum atomic E-state index is -3.44. The number of hydrogen-bond acceptors (Lipinski definition) is 3. The van der Waals surface area contributed by atoms with Crippen molar-refractivity contribution in [1.82, 2.24) is 0 Å². The van der Waals surface area contributed by atoms with Gasteiger partial charge in [-0.1, -0.05) is 24.3 Å². The number of rotatable bonds is 8. The Kier molecular flexibility index (Phi) is 7.78. The highest BCUT2D eigenvalue weighted by Gasteiger charge is 2.46. The van der Waals surface area contributed by atoms with Crippen LogP contribution in [0.5, 0.6) is 0 Å². The molecule has 0 aliphatic rings. The molecule has 2 aromatic carbocycles. The fourth-order valence-corrected chi connectivity index (χ4v) is 5.93. The maximum absolute atomic E-state index is 14.2. The maximum atomic E-state index is 14.2. The summed E-state index contributed by atoms with van der Waals surface area (Å²) in [6, 6.07) is 5.44. The van der Waals surface area contributed by atoms with Gasteiger partial charge < -0.3 is 13.3 Å². The second kappa shape index (κ2) is 9.55. The van der Waals surface area contributed by atoms with Crippen molar-refractivity contribution in [2.45, 2.75) is 59.9 Å². The van der Waals surface area contributed by atoms with Crippen molar-refractivity contribution in [2.75, 3.05) is 0 Å². The summed E-state index contributed by atoms with van der Waals surface area (Å²) in [5, 5.41) is 0.506. The molecule has 0 aliphatic carbocycles. The zero-order valence-electron chi connectivity index (χ0n) is 17.7. The molecule has 2 rings (SSSR count). The van der Waals surface area contributed by atoms with E-state index in [1.807, 2.05) is 41.5 Å². The molecule has 0 bridgehead atoms. The first-order valence-corrected chi connectivity index (χ1v) is 11.3. The van der Waals surface area contributed by atoms with Crippen LogP contribution in [0.25, 0.3) is 11.1 Å². The Balaban J connectivity index is 2.60. The Morgan fingerprint density at radius 3 is 1.23 bits per heavy atom. The monoisotopic (exact) mass is 448 g/mol. The molecule has 0 amide bonds. The zero-order valence-corrected chi connectivity index (χ0v) is 18.7. The Hall–Kier alpha value is -1.81. The van der Waals surface area contributed by atoms with Crippen LogP contribution in [0.2, 0.25) is 0 Å². The molecule has 0 spiro atoms. The molecule has 3 nitrogen and oxygen atoms in total. The molecule has 0 aliphatic heterocycles. The minimum Gasteiger partial charge on any atom is -0.367 e. The van der Waals surface area contributed by atoms with Gasteiger partial charge in [-0.05, 0) is 47.1 Å². The number of benzene rings is 2. The summed E-state index contributed by atoms with van der Waals surface area (Å²) in [6.07, 6.45) is -0.739. The van der Waals surface area contributed by atoms with E-state index >= 15 is 0 Å². The SMILES string of the molecule is CC(C)O[Si](OC(C)C)(OC(C)C)c1ccc(-c2c(F)c(F)c(F)c(F)c2F)cc1. The second-order valence-corrected chi connectivity index (χ2v) is 9.98. The molecule has 0 fully saturated rings. The van der Waals surface area contributed by atoms with E-state index in [4.69, 9.17) is 13.3 Å². The molecular weight excluding hydrogens is 423 g/mol. The topological polar surface area (TPSA) is 27.7 Å². The number of hydrogen-bond donors (Lipinski definition) is 0. The van der Waals surface area contributed by atoms with Gasteiger partial charge in [0.05, 0.1) is 5.56 Å². The predicted octanol–water partition coefficient (Wildman–Crippen LogP) is 5.47. The highest BCUT2D eigenvalue weighted by Crippen LogP contribution is 2.31. The number of halogens is 5. The Labute approximate surface area is 174 Å². The fourth-order valence-electron chi connectivity index (χ4n) is 2.92. The molecule has 0 aromatic heterocycles. The van der Waals surface area contributed by atoms with Crippen molar-refractivity contribution < 1.29 is 35.2 Å². The lowest BCUT2D eigenvalue weighted by Gasteiger charge is -2.34. The first-order valence-electron chi connectivity index (χ1n) is 9.55. The molecule has 0 unspecified atom stereocenters. The lowest BCUT2D eigenvalue weighted by atomic mass is 10.0. The van der Waals surface area contributed by atoms with Crippen molar-refractivity contribution >= 4 is 14.0 Å². The molecule has 0 heterocycles. The summed E-state index contributed by atoms with van der Waals surface area (Å²) in [4.78, 5) is 0. The largest absolute Gasteiger partial charge is 0.537 e. The van der Waals surface area contributed by atoms with Gasteiger partial charge in [-0.2, -0.15) is 0 Å². The average Bonchev–Trinajstić information content (AvgIpc) is 2.63. The third-order valence-corrected chi connectivity index (χ3v) is 7.30. The van der Waals surface area contributed by atoms with E-state index < -0.39 is 43.5 Å². The van der Waals surface area contributed by atoms with Gasteiger partial charge in [0.2, 0.25) is 5.82 Å². The summed E-state index contributed by atoms with van der Waals surface area (Å²) in [5.74, 6) is -9.97. The van der Waals surface area contributed by atoms with Crippen LogP contribution in [-0.2, 0) is 13.3 Å². The van der Waals surface area contributed by atoms with E-state index in [0.717, 1.165) is 0 Å². The van der Waals surface area contributed by atoms with Crippen LogP contribution in [0, 0.1) is 29.1 Å². The van der Waals surface area contributed by atoms with Gasteiger partial charge in [-0.25, -0.2) is 22.0 Å². The predicted molar refractivity (Wildman–Crippen MR) is 106 cm³/mol. The van der Waals surface area contributed by atoms with Crippen LogP contribution in [0.15, 0.2) is 24.3 Å². The minimum absolute atomic E-state index is 0.173. The maximum Gasteiger partial charge on any atom is 0.537 e. The summed E-state index contributed by atoms with van der Waals surface area (Å²) < 4.78 is 87.0. The standard InChI is InChI=1S/C21H25F5O3Si/c1-11(2)27-30(28-12(3)4,29-13(5)6)15-9-7-14(8-10-15)16-17(22)19(24)21(26)20(25)18(16)23/h7-13H,1-6H3. The molecule has 2 aromatic rings. The second-order valence-electron chi connectivity index (χ2n) is 7.58. The lowest BCUT2D eigenvalue weighted by Crippen LogP contribution is -2.60. The van der Waals surface area contributed by atoms with Crippen molar-refractivity contribution in [1.29, 1.82) is 0 Å². The van der Waals surface area contributed by atoms with Gasteiger partial charge in [0, 0.05) is 23.5 Å². The van der Waals surface area contributed by atoms with Crippen LogP contribution in [0.4, 0.5) is 22.0 Å². The first-order chi connectivity index (χ1) is 13.9. The van der Waals surface area contributed by atoms with E-state index in [-0.39, 0.29) is 23.9 Å². The molecule has 0 saturated carbocycles. The van der Waals surface area contributed by atoms with Crippen LogP contribution < -0.4 is 5.19 Å². The van der Waals surface area contributed by atoms with Gasteiger partial charge in [0.1, 0.15) is 0 Å². The highest BCUT2D eigenvalue weighted by molar-refractivity contribution is 6.75. The molecular formula is C21H25F5O3Si. The summed E-state index contributed by atoms with van der Waals surface area (Å²) >= 11 is 0. The lowest BCUT2D eigenvalue weighted by molar-refractivity contribution is 0.0153. The first kappa shape index (κ1) is 24.5. The van der Waals surface area contributed by atoms with Crippen molar-refractivity contribution in [3.8, 4) is 11.1 Å². The Morgan fingerprint density at radius 2 is 0.900 bits per heavy atom. The van der Waals surface area contributed by atoms with E-state index in [2.05, 4.69) is 0 Å². The molecule has 0 radical (unpaired) electrons. The van der Waals surface area contributed by atoms with Crippen LogP contribution >= 0.6 is 0 Å². The zero-order chi connectivity index (χ0) is 22.8. The smallest absolute Gasteiger partial charge is 0.367 e. The van der Waals surface area contributed by atoms with Crippen LogP contribution in [-0.4, -0.2) is 27.1 Å². The van der Waals surface area contributed by atoms with Crippen molar-refractivity contribution in [3.63, 3.8) is 0 Å². The Bertz CT molecular complexity index is 830. The summed E-state index contributed by atoms with van der Waals surface area (Å²) in [6.45, 7) is 10.9. The molecule has 30 heavy (non-hydrogen) atoms. The average molecular weight is 449 g/mol. The third-order valence-electron chi connectivity index (χ3n) is 3.91. The fraction of sp³-hybridized carbons (Fsp3) is 0.429. The van der Waals surface area contributed by atoms with E-state index in [1.165, 1.54) is 24.3 Å². The summed E-state index contributed by atoms with van der Waals surface area (Å²) in [5.41, 5.74) is -1.17. The van der Waals surface area contributed by atoms with E-state index in [1.54, 1.807) is 0 Å². The molecule has 9 heteroatoms. The van der Waals surface area contributed by atoms with Crippen molar-refractivity contribution in [2.24, 2.45) is 0 Å². The third kappa shape index (κ3) is 5.08. The van der Waals surface area contributed by atoms with Crippen molar-refractivity contribution in [3.05, 3.63) is 53.4 Å². The molecule has 0 N–H and O–H groups in total. The van der Waals surface area contributed by atoms with Gasteiger partial charge in [-0.15, -0.1) is 0 Å². The molecule has 0 atom stereocenters. The van der Waals surface area contributed by atoms with Gasteiger partial charge in [-0.3, -0.25) is 0 Å². The normalized spacial score (nSPS) is 12.5. The van der Waals surface area contributed by atoms with Crippen LogP contribution in [0.3, 0.4) is 0 Å². The van der Waals surface area contributed by atoms with Crippen LogP contribution in [0.1, 0.15) is 41.5 Å². The van der Waals surface area contributed by atoms with Gasteiger partial charge in [0.15, 0.2) is 23.3 Å². The Morgan fingerprint density at radius 1 is 0.567 bits per heavy atom. The molecule has 0 saturated heterocycles. The quantitative estimate of drug-likeness (QED) is 0.232. The van der Waals surface area contributed by atoms with E-state index in [9.17, 15) is 22.0 Å².